The Morgan fingerprint density at radius 2 is 1.72 bits per heavy atom. The third kappa shape index (κ3) is 2.79. The molecule has 4 heteroatoms. The zero-order valence-corrected chi connectivity index (χ0v) is 9.88. The number of oxime groups is 1. The van der Waals surface area contributed by atoms with Gasteiger partial charge >= 0.3 is 0 Å². The van der Waals surface area contributed by atoms with Gasteiger partial charge in [-0.25, -0.2) is 0 Å². The molecule has 0 unspecified atom stereocenters. The number of nitrogens with zero attached hydrogens (tertiary/aromatic N) is 1. The summed E-state index contributed by atoms with van der Waals surface area (Å²) in [4.78, 5) is 0. The molecular weight excluding hydrogens is 226 g/mol. The van der Waals surface area contributed by atoms with Crippen molar-refractivity contribution in [1.29, 1.82) is 0 Å². The number of amidine groups is 1. The molecule has 0 fully saturated rings. The molecule has 18 heavy (non-hydrogen) atoms. The summed E-state index contributed by atoms with van der Waals surface area (Å²) in [6, 6.07) is 17.5. The number of para-hydroxylation sites is 1. The summed E-state index contributed by atoms with van der Waals surface area (Å²) in [5.74, 6) is 0.125. The maximum atomic E-state index is 8.74. The third-order valence-electron chi connectivity index (χ3n) is 2.66. The number of hydrogen-bond acceptors (Lipinski definition) is 3. The van der Waals surface area contributed by atoms with Crippen molar-refractivity contribution in [1.82, 2.24) is 0 Å². The van der Waals surface area contributed by atoms with Crippen LogP contribution in [0.3, 0.4) is 0 Å². The van der Waals surface area contributed by atoms with E-state index in [-0.39, 0.29) is 5.84 Å². The summed E-state index contributed by atoms with van der Waals surface area (Å²) in [7, 11) is 0. The molecule has 0 aliphatic heterocycles. The van der Waals surface area contributed by atoms with Gasteiger partial charge in [0.15, 0.2) is 5.84 Å². The van der Waals surface area contributed by atoms with E-state index < -0.39 is 0 Å². The average Bonchev–Trinajstić information content (AvgIpc) is 2.45. The lowest BCUT2D eigenvalue weighted by Gasteiger charge is -2.10. The van der Waals surface area contributed by atoms with Gasteiger partial charge in [-0.2, -0.15) is 0 Å². The van der Waals surface area contributed by atoms with Crippen LogP contribution in [0.15, 0.2) is 59.8 Å². The van der Waals surface area contributed by atoms with Crippen LogP contribution in [0.1, 0.15) is 11.1 Å². The van der Waals surface area contributed by atoms with Gasteiger partial charge in [0.25, 0.3) is 0 Å². The lowest BCUT2D eigenvalue weighted by Crippen LogP contribution is -2.16. The average molecular weight is 241 g/mol. The first-order chi connectivity index (χ1) is 8.81. The first kappa shape index (κ1) is 12.0. The molecule has 0 radical (unpaired) electrons. The Morgan fingerprint density at radius 3 is 2.44 bits per heavy atom. The molecular formula is C14H15N3O. The topological polar surface area (TPSA) is 70.6 Å². The Kier molecular flexibility index (Phi) is 3.81. The van der Waals surface area contributed by atoms with Crippen LogP contribution >= 0.6 is 0 Å². The van der Waals surface area contributed by atoms with Gasteiger partial charge in [-0.1, -0.05) is 47.6 Å². The van der Waals surface area contributed by atoms with Crippen LogP contribution in [0.2, 0.25) is 0 Å². The smallest absolute Gasteiger partial charge is 0.170 e. The van der Waals surface area contributed by atoms with E-state index in [4.69, 9.17) is 10.9 Å². The van der Waals surface area contributed by atoms with Gasteiger partial charge in [0, 0.05) is 17.8 Å². The maximum Gasteiger partial charge on any atom is 0.170 e. The van der Waals surface area contributed by atoms with Gasteiger partial charge in [0.05, 0.1) is 0 Å². The van der Waals surface area contributed by atoms with Crippen LogP contribution in [0.5, 0.6) is 0 Å². The van der Waals surface area contributed by atoms with Crippen LogP contribution < -0.4 is 11.1 Å². The van der Waals surface area contributed by atoms with Gasteiger partial charge in [0.1, 0.15) is 0 Å². The molecule has 0 aliphatic rings. The van der Waals surface area contributed by atoms with Gasteiger partial charge in [0.2, 0.25) is 0 Å². The second kappa shape index (κ2) is 5.72. The predicted octanol–water partition coefficient (Wildman–Crippen LogP) is 2.39. The Morgan fingerprint density at radius 1 is 1.06 bits per heavy atom. The summed E-state index contributed by atoms with van der Waals surface area (Å²) in [5, 5.41) is 15.1. The Labute approximate surface area is 106 Å². The van der Waals surface area contributed by atoms with Gasteiger partial charge in [-0.05, 0) is 17.7 Å². The molecule has 2 aromatic carbocycles. The van der Waals surface area contributed by atoms with Crippen LogP contribution in [-0.4, -0.2) is 11.0 Å². The molecule has 2 aromatic rings. The highest BCUT2D eigenvalue weighted by molar-refractivity contribution is 5.98. The standard InChI is InChI=1S/C14H15N3O/c15-14(17-18)13-9-5-4-6-11(13)10-16-12-7-2-1-3-8-12/h1-9,16,18H,10H2,(H2,15,17). The summed E-state index contributed by atoms with van der Waals surface area (Å²) >= 11 is 0. The van der Waals surface area contributed by atoms with Gasteiger partial charge in [-0.3, -0.25) is 0 Å². The Hall–Kier alpha value is -2.49. The molecule has 0 atom stereocenters. The van der Waals surface area contributed by atoms with Crippen LogP contribution in [0.4, 0.5) is 5.69 Å². The summed E-state index contributed by atoms with van der Waals surface area (Å²) in [6.45, 7) is 0.621. The quantitative estimate of drug-likeness (QED) is 0.333. The number of nitrogens with two attached hydrogens (primary N) is 1. The molecule has 4 nitrogen and oxygen atoms in total. The molecule has 0 bridgehead atoms. The van der Waals surface area contributed by atoms with E-state index >= 15 is 0 Å². The number of rotatable bonds is 4. The van der Waals surface area contributed by atoms with Gasteiger partial charge in [-0.15, -0.1) is 0 Å². The minimum Gasteiger partial charge on any atom is -0.409 e. The monoisotopic (exact) mass is 241 g/mol. The second-order valence-electron chi connectivity index (χ2n) is 3.86. The lowest BCUT2D eigenvalue weighted by atomic mass is 10.1. The zero-order valence-electron chi connectivity index (χ0n) is 9.88. The van der Waals surface area contributed by atoms with Crippen molar-refractivity contribution < 1.29 is 5.21 Å². The van der Waals surface area contributed by atoms with E-state index in [2.05, 4.69) is 10.5 Å². The SMILES string of the molecule is NC(=NO)c1ccccc1CNc1ccccc1. The number of nitrogens with one attached hydrogen (secondary N) is 1. The molecule has 0 saturated heterocycles. The number of anilines is 1. The van der Waals surface area contributed by atoms with Gasteiger partial charge < -0.3 is 16.3 Å². The van der Waals surface area contributed by atoms with E-state index in [1.54, 1.807) is 0 Å². The van der Waals surface area contributed by atoms with Crippen molar-refractivity contribution >= 4 is 11.5 Å². The summed E-state index contributed by atoms with van der Waals surface area (Å²) < 4.78 is 0. The molecule has 92 valence electrons. The highest BCUT2D eigenvalue weighted by atomic mass is 16.4. The highest BCUT2D eigenvalue weighted by Gasteiger charge is 2.05. The molecule has 4 N–H and O–H groups in total. The van der Waals surface area contributed by atoms with Crippen LogP contribution in [-0.2, 0) is 6.54 Å². The molecule has 2 rings (SSSR count). The summed E-state index contributed by atoms with van der Waals surface area (Å²) in [5.41, 5.74) is 8.39. The van der Waals surface area contributed by atoms with Crippen molar-refractivity contribution in [2.24, 2.45) is 10.9 Å². The zero-order chi connectivity index (χ0) is 12.8. The fourth-order valence-corrected chi connectivity index (χ4v) is 1.73. The van der Waals surface area contributed by atoms with Crippen LogP contribution in [0.25, 0.3) is 0 Å². The van der Waals surface area contributed by atoms with E-state index in [0.717, 1.165) is 16.8 Å². The first-order valence-electron chi connectivity index (χ1n) is 5.66. The van der Waals surface area contributed by atoms with E-state index in [1.165, 1.54) is 0 Å². The maximum absolute atomic E-state index is 8.74. The molecule has 0 saturated carbocycles. The van der Waals surface area contributed by atoms with Crippen molar-refractivity contribution in [2.45, 2.75) is 6.54 Å². The van der Waals surface area contributed by atoms with E-state index in [9.17, 15) is 0 Å². The largest absolute Gasteiger partial charge is 0.409 e. The molecule has 0 aliphatic carbocycles. The predicted molar refractivity (Wildman–Crippen MR) is 72.7 cm³/mol. The molecule has 0 aromatic heterocycles. The molecule has 0 spiro atoms. The minimum absolute atomic E-state index is 0.125. The van der Waals surface area contributed by atoms with Crippen molar-refractivity contribution in [3.05, 3.63) is 65.7 Å². The Bertz CT molecular complexity index is 538. The fraction of sp³-hybridized carbons (Fsp3) is 0.0714. The highest BCUT2D eigenvalue weighted by Crippen LogP contribution is 2.12. The van der Waals surface area contributed by atoms with E-state index in [0.29, 0.717) is 6.54 Å². The Balaban J connectivity index is 2.15. The second-order valence-corrected chi connectivity index (χ2v) is 3.86. The number of benzene rings is 2. The van der Waals surface area contributed by atoms with Crippen molar-refractivity contribution in [2.75, 3.05) is 5.32 Å². The lowest BCUT2D eigenvalue weighted by molar-refractivity contribution is 0.318. The third-order valence-corrected chi connectivity index (χ3v) is 2.66. The first-order valence-corrected chi connectivity index (χ1v) is 5.66. The number of hydrogen-bond donors (Lipinski definition) is 3. The van der Waals surface area contributed by atoms with E-state index in [1.807, 2.05) is 54.6 Å². The minimum atomic E-state index is 0.125. The van der Waals surface area contributed by atoms with Crippen molar-refractivity contribution in [3.8, 4) is 0 Å². The molecule has 0 heterocycles. The van der Waals surface area contributed by atoms with Crippen LogP contribution in [0, 0.1) is 0 Å². The summed E-state index contributed by atoms with van der Waals surface area (Å²) in [6.07, 6.45) is 0. The molecule has 0 amide bonds. The van der Waals surface area contributed by atoms with Crippen molar-refractivity contribution in [3.63, 3.8) is 0 Å². The normalized spacial score (nSPS) is 11.2. The fourth-order valence-electron chi connectivity index (χ4n) is 1.73.